The van der Waals surface area contributed by atoms with Crippen LogP contribution in [0.1, 0.15) is 35.7 Å². The first-order valence-corrected chi connectivity index (χ1v) is 15.1. The van der Waals surface area contributed by atoms with Crippen LogP contribution in [0.2, 0.25) is 0 Å². The van der Waals surface area contributed by atoms with Crippen molar-refractivity contribution >= 4 is 33.3 Å². The topological polar surface area (TPSA) is 164 Å². The number of nitrogens with one attached hydrogen (secondary N) is 2. The van der Waals surface area contributed by atoms with Crippen LogP contribution in [0.25, 0.3) is 0 Å². The first-order valence-electron chi connectivity index (χ1n) is 13.7. The molecule has 1 aliphatic rings. The van der Waals surface area contributed by atoms with E-state index in [-0.39, 0.29) is 47.5 Å². The number of aliphatic hydroxyl groups excluding tert-OH is 1. The summed E-state index contributed by atoms with van der Waals surface area (Å²) < 4.78 is 44.8. The van der Waals surface area contributed by atoms with E-state index in [1.54, 1.807) is 51.1 Å². The number of anilines is 2. The van der Waals surface area contributed by atoms with Gasteiger partial charge in [-0.05, 0) is 57.2 Å². The van der Waals surface area contributed by atoms with Gasteiger partial charge in [-0.2, -0.15) is 4.31 Å². The number of ether oxygens (including phenoxy) is 2. The third kappa shape index (κ3) is 6.76. The molecule has 0 radical (unpaired) electrons. The number of nitrogens with zero attached hydrogens (tertiary/aromatic N) is 3. The van der Waals surface area contributed by atoms with Gasteiger partial charge in [-0.3, -0.25) is 4.79 Å². The minimum absolute atomic E-state index is 0.0654. The fourth-order valence-electron chi connectivity index (χ4n) is 4.77. The monoisotopic (exact) mass is 615 g/mol. The number of sulfonamides is 1. The maximum Gasteiger partial charge on any atom is 0.323 e. The lowest BCUT2D eigenvalue weighted by Gasteiger charge is -2.38. The van der Waals surface area contributed by atoms with Crippen molar-refractivity contribution in [2.75, 3.05) is 44.5 Å². The minimum atomic E-state index is -3.91. The van der Waals surface area contributed by atoms with Crippen molar-refractivity contribution in [2.45, 2.75) is 44.7 Å². The smallest absolute Gasteiger partial charge is 0.323 e. The number of amides is 3. The molecule has 0 aliphatic carbocycles. The number of rotatable bonds is 9. The first kappa shape index (κ1) is 31.8. The van der Waals surface area contributed by atoms with E-state index < -0.39 is 34.1 Å². The third-order valence-electron chi connectivity index (χ3n) is 7.42. The maximum absolute atomic E-state index is 13.7. The van der Waals surface area contributed by atoms with Crippen LogP contribution in [0.3, 0.4) is 0 Å². The number of likely N-dealkylation sites (N-methyl/N-ethyl adjacent to an activating group) is 1. The Hall–Kier alpha value is -4.14. The molecule has 232 valence electrons. The van der Waals surface area contributed by atoms with E-state index in [1.807, 2.05) is 6.92 Å². The number of para-hydroxylation sites is 1. The molecule has 0 saturated heterocycles. The molecule has 43 heavy (non-hydrogen) atoms. The molecule has 0 saturated carbocycles. The van der Waals surface area contributed by atoms with Crippen LogP contribution in [-0.2, 0) is 10.0 Å². The predicted octanol–water partition coefficient (Wildman–Crippen LogP) is 3.48. The number of carbonyl (C=O) groups is 2. The predicted molar refractivity (Wildman–Crippen MR) is 159 cm³/mol. The molecule has 1 aromatic heterocycles. The van der Waals surface area contributed by atoms with Crippen LogP contribution in [0.15, 0.2) is 51.9 Å². The zero-order chi connectivity index (χ0) is 31.5. The number of hydrogen-bond donors (Lipinski definition) is 3. The molecule has 3 amide bonds. The lowest BCUT2D eigenvalue weighted by molar-refractivity contribution is 0.0389. The Bertz CT molecular complexity index is 1550. The molecule has 13 nitrogen and oxygen atoms in total. The second kappa shape index (κ2) is 13.0. The van der Waals surface area contributed by atoms with E-state index in [4.69, 9.17) is 14.0 Å². The molecular weight excluding hydrogens is 578 g/mol. The van der Waals surface area contributed by atoms with E-state index >= 15 is 0 Å². The van der Waals surface area contributed by atoms with Crippen molar-refractivity contribution in [1.29, 1.82) is 0 Å². The summed E-state index contributed by atoms with van der Waals surface area (Å²) >= 11 is 0. The average Bonchev–Trinajstić information content (AvgIpc) is 3.30. The summed E-state index contributed by atoms with van der Waals surface area (Å²) in [4.78, 5) is 28.3. The van der Waals surface area contributed by atoms with Gasteiger partial charge in [0.05, 0.1) is 42.4 Å². The molecule has 3 aromatic rings. The maximum atomic E-state index is 13.7. The fourth-order valence-corrected chi connectivity index (χ4v) is 5.95. The molecule has 4 rings (SSSR count). The molecule has 14 heteroatoms. The molecule has 2 heterocycles. The number of carbonyl (C=O) groups excluding carboxylic acids is 2. The molecule has 2 aromatic carbocycles. The lowest BCUT2D eigenvalue weighted by atomic mass is 9.99. The van der Waals surface area contributed by atoms with Gasteiger partial charge in [0.25, 0.3) is 5.91 Å². The van der Waals surface area contributed by atoms with Crippen LogP contribution >= 0.6 is 0 Å². The molecule has 0 bridgehead atoms. The highest BCUT2D eigenvalue weighted by Crippen LogP contribution is 2.35. The summed E-state index contributed by atoms with van der Waals surface area (Å²) in [6, 6.07) is 9.67. The van der Waals surface area contributed by atoms with Crippen molar-refractivity contribution in [3.05, 3.63) is 59.5 Å². The normalized spacial score (nSPS) is 17.9. The SMILES string of the molecule is COc1ccc(S(=O)(=O)N(C)C[C@@H]2Oc3c(NC(=O)Nc4c(C)noc4C)cccc3C(=O)N([C@H](C)CO)C[C@@H]2C)cc1. The highest BCUT2D eigenvalue weighted by atomic mass is 32.2. The molecule has 0 fully saturated rings. The highest BCUT2D eigenvalue weighted by molar-refractivity contribution is 7.89. The third-order valence-corrected chi connectivity index (χ3v) is 9.25. The average molecular weight is 616 g/mol. The summed E-state index contributed by atoms with van der Waals surface area (Å²) in [5.41, 5.74) is 1.26. The van der Waals surface area contributed by atoms with Gasteiger partial charge in [0, 0.05) is 19.5 Å². The lowest BCUT2D eigenvalue weighted by Crippen LogP contribution is -2.50. The minimum Gasteiger partial charge on any atom is -0.497 e. The molecule has 1 aliphatic heterocycles. The van der Waals surface area contributed by atoms with E-state index in [9.17, 15) is 23.1 Å². The van der Waals surface area contributed by atoms with Gasteiger partial charge >= 0.3 is 6.03 Å². The Kier molecular flexibility index (Phi) is 9.62. The molecular formula is C29H37N5O8S. The van der Waals surface area contributed by atoms with Crippen molar-refractivity contribution < 1.29 is 37.1 Å². The number of aromatic nitrogens is 1. The Balaban J connectivity index is 1.69. The summed E-state index contributed by atoms with van der Waals surface area (Å²) in [6.07, 6.45) is -0.744. The van der Waals surface area contributed by atoms with Gasteiger partial charge in [0.1, 0.15) is 23.2 Å². The van der Waals surface area contributed by atoms with Gasteiger partial charge in [-0.25, -0.2) is 13.2 Å². The number of aliphatic hydroxyl groups is 1. The zero-order valence-corrected chi connectivity index (χ0v) is 25.8. The molecule has 0 spiro atoms. The Morgan fingerprint density at radius 3 is 2.51 bits per heavy atom. The zero-order valence-electron chi connectivity index (χ0n) is 24.9. The van der Waals surface area contributed by atoms with Crippen molar-refractivity contribution in [2.24, 2.45) is 5.92 Å². The van der Waals surface area contributed by atoms with Crippen LogP contribution in [0.4, 0.5) is 16.2 Å². The number of urea groups is 1. The largest absolute Gasteiger partial charge is 0.497 e. The number of hydrogen-bond acceptors (Lipinski definition) is 9. The molecule has 0 unspecified atom stereocenters. The summed E-state index contributed by atoms with van der Waals surface area (Å²) in [6.45, 7) is 6.77. The van der Waals surface area contributed by atoms with E-state index in [0.29, 0.717) is 22.9 Å². The molecule has 3 N–H and O–H groups in total. The van der Waals surface area contributed by atoms with Gasteiger partial charge in [-0.15, -0.1) is 0 Å². The van der Waals surface area contributed by atoms with Crippen LogP contribution < -0.4 is 20.1 Å². The number of methoxy groups -OCH3 is 1. The second-order valence-electron chi connectivity index (χ2n) is 10.5. The first-order chi connectivity index (χ1) is 20.4. The number of aryl methyl sites for hydroxylation is 2. The van der Waals surface area contributed by atoms with Crippen LogP contribution in [0, 0.1) is 19.8 Å². The van der Waals surface area contributed by atoms with E-state index in [0.717, 1.165) is 0 Å². The Morgan fingerprint density at radius 2 is 1.91 bits per heavy atom. The fraction of sp³-hybridized carbons (Fsp3) is 0.414. The van der Waals surface area contributed by atoms with Gasteiger partial charge in [-0.1, -0.05) is 18.1 Å². The summed E-state index contributed by atoms with van der Waals surface area (Å²) in [5, 5.41) is 19.2. The second-order valence-corrected chi connectivity index (χ2v) is 12.6. The van der Waals surface area contributed by atoms with Gasteiger partial charge in [0.2, 0.25) is 10.0 Å². The summed E-state index contributed by atoms with van der Waals surface area (Å²) in [7, 11) is -0.964. The van der Waals surface area contributed by atoms with Gasteiger partial charge < -0.3 is 34.6 Å². The van der Waals surface area contributed by atoms with E-state index in [1.165, 1.54) is 35.5 Å². The molecule has 3 atom stereocenters. The highest BCUT2D eigenvalue weighted by Gasteiger charge is 2.36. The van der Waals surface area contributed by atoms with Crippen molar-refractivity contribution in [3.63, 3.8) is 0 Å². The number of benzene rings is 2. The quantitative estimate of drug-likeness (QED) is 0.327. The Labute approximate surface area is 250 Å². The van der Waals surface area contributed by atoms with Crippen LogP contribution in [0.5, 0.6) is 11.5 Å². The summed E-state index contributed by atoms with van der Waals surface area (Å²) in [5.74, 6) is 0.269. The standard InChI is InChI=1S/C29H37N5O8S/c1-17-14-34(18(2)16-35)28(36)23-8-7-9-24(30-29(37)31-26-19(3)32-42-20(26)4)27(23)41-25(17)15-33(5)43(38,39)22-12-10-21(40-6)11-13-22/h7-13,17-18,25,35H,14-16H2,1-6H3,(H2,30,31,37)/t17-,18+,25-/m0/s1. The number of fused-ring (bicyclic) bond motifs is 1. The van der Waals surface area contributed by atoms with Gasteiger partial charge in [0.15, 0.2) is 11.5 Å². The Morgan fingerprint density at radius 1 is 1.21 bits per heavy atom. The van der Waals surface area contributed by atoms with Crippen LogP contribution in [-0.4, -0.2) is 85.8 Å². The van der Waals surface area contributed by atoms with Crippen molar-refractivity contribution in [1.82, 2.24) is 14.4 Å². The van der Waals surface area contributed by atoms with E-state index in [2.05, 4.69) is 15.8 Å². The van der Waals surface area contributed by atoms with Crippen molar-refractivity contribution in [3.8, 4) is 11.5 Å².